The molecule has 0 spiro atoms. The van der Waals surface area contributed by atoms with Crippen molar-refractivity contribution in [3.8, 4) is 0 Å². The second-order valence-corrected chi connectivity index (χ2v) is 2.71. The van der Waals surface area contributed by atoms with Gasteiger partial charge in [0.05, 0.1) is 0 Å². The summed E-state index contributed by atoms with van der Waals surface area (Å²) in [7, 11) is 0. The molecule has 0 fully saturated rings. The van der Waals surface area contributed by atoms with E-state index in [-0.39, 0.29) is 6.54 Å². The average molecular weight is 187 g/mol. The van der Waals surface area contributed by atoms with Gasteiger partial charge in [0.1, 0.15) is 6.04 Å². The highest BCUT2D eigenvalue weighted by Gasteiger charge is 2.13. The van der Waals surface area contributed by atoms with Crippen molar-refractivity contribution in [3.63, 3.8) is 0 Å². The number of hydrogen-bond donors (Lipinski definition) is 3. The SMILES string of the molecule is NCC=N[C@@H](CCCCN)C(=O)O. The van der Waals surface area contributed by atoms with Gasteiger partial charge in [-0.1, -0.05) is 0 Å². The molecule has 5 nitrogen and oxygen atoms in total. The summed E-state index contributed by atoms with van der Waals surface area (Å²) in [6.07, 6.45) is 3.58. The minimum Gasteiger partial charge on any atom is -0.480 e. The number of unbranched alkanes of at least 4 members (excludes halogenated alkanes) is 1. The largest absolute Gasteiger partial charge is 0.480 e. The van der Waals surface area contributed by atoms with Gasteiger partial charge < -0.3 is 16.6 Å². The molecule has 0 saturated heterocycles. The van der Waals surface area contributed by atoms with Crippen molar-refractivity contribution < 1.29 is 9.90 Å². The number of hydrogen-bond acceptors (Lipinski definition) is 4. The molecule has 76 valence electrons. The first kappa shape index (κ1) is 12.1. The molecule has 5 N–H and O–H groups in total. The van der Waals surface area contributed by atoms with E-state index in [2.05, 4.69) is 4.99 Å². The monoisotopic (exact) mass is 187 g/mol. The van der Waals surface area contributed by atoms with Crippen LogP contribution >= 0.6 is 0 Å². The van der Waals surface area contributed by atoms with Crippen LogP contribution in [-0.2, 0) is 4.79 Å². The summed E-state index contributed by atoms with van der Waals surface area (Å²) in [5.74, 6) is -0.901. The lowest BCUT2D eigenvalue weighted by atomic mass is 10.1. The fourth-order valence-electron chi connectivity index (χ4n) is 0.932. The molecule has 0 rings (SSSR count). The summed E-state index contributed by atoms with van der Waals surface area (Å²) < 4.78 is 0. The molecule has 0 bridgehead atoms. The lowest BCUT2D eigenvalue weighted by Crippen LogP contribution is -2.19. The molecular weight excluding hydrogens is 170 g/mol. The first-order valence-corrected chi connectivity index (χ1v) is 4.37. The number of nitrogens with two attached hydrogens (primary N) is 2. The van der Waals surface area contributed by atoms with Crippen molar-refractivity contribution in [2.24, 2.45) is 16.5 Å². The van der Waals surface area contributed by atoms with Crippen LogP contribution in [0.15, 0.2) is 4.99 Å². The minimum atomic E-state index is -0.901. The molecule has 0 aliphatic carbocycles. The summed E-state index contributed by atoms with van der Waals surface area (Å²) in [5.41, 5.74) is 10.5. The number of carboxylic acid groups (broad SMARTS) is 1. The Bertz CT molecular complexity index is 171. The fraction of sp³-hybridized carbons (Fsp3) is 0.750. The van der Waals surface area contributed by atoms with Crippen molar-refractivity contribution in [2.45, 2.75) is 25.3 Å². The Hall–Kier alpha value is -0.940. The minimum absolute atomic E-state index is 0.278. The zero-order chi connectivity index (χ0) is 10.1. The molecule has 1 atom stereocenters. The van der Waals surface area contributed by atoms with Crippen LogP contribution in [-0.4, -0.2) is 36.4 Å². The molecular formula is C8H17N3O2. The first-order chi connectivity index (χ1) is 6.22. The topological polar surface area (TPSA) is 102 Å². The van der Waals surface area contributed by atoms with Crippen molar-refractivity contribution in [3.05, 3.63) is 0 Å². The van der Waals surface area contributed by atoms with Gasteiger partial charge in [-0.05, 0) is 25.8 Å². The van der Waals surface area contributed by atoms with Crippen LogP contribution < -0.4 is 11.5 Å². The standard InChI is InChI=1S/C8H17N3O2/c9-4-2-1-3-7(8(12)13)11-6-5-10/h6-7H,1-5,9-10H2,(H,12,13)/t7-/m0/s1. The van der Waals surface area contributed by atoms with E-state index in [4.69, 9.17) is 16.6 Å². The molecule has 0 aromatic heterocycles. The van der Waals surface area contributed by atoms with Crippen LogP contribution in [0.5, 0.6) is 0 Å². The third-order valence-electron chi connectivity index (χ3n) is 1.61. The maximum absolute atomic E-state index is 10.6. The Morgan fingerprint density at radius 3 is 2.62 bits per heavy atom. The predicted molar refractivity (Wildman–Crippen MR) is 51.9 cm³/mol. The average Bonchev–Trinajstić information content (AvgIpc) is 2.10. The predicted octanol–water partition coefficient (Wildman–Crippen LogP) is -0.402. The Morgan fingerprint density at radius 2 is 2.15 bits per heavy atom. The van der Waals surface area contributed by atoms with E-state index >= 15 is 0 Å². The highest BCUT2D eigenvalue weighted by molar-refractivity contribution is 5.76. The van der Waals surface area contributed by atoms with Gasteiger partial charge in [-0.25, -0.2) is 4.79 Å². The van der Waals surface area contributed by atoms with Crippen LogP contribution in [0, 0.1) is 0 Å². The van der Waals surface area contributed by atoms with Gasteiger partial charge in [-0.15, -0.1) is 0 Å². The van der Waals surface area contributed by atoms with E-state index < -0.39 is 12.0 Å². The van der Waals surface area contributed by atoms with Gasteiger partial charge >= 0.3 is 5.97 Å². The number of rotatable bonds is 7. The maximum atomic E-state index is 10.6. The molecule has 0 saturated carbocycles. The number of carboxylic acids is 1. The Morgan fingerprint density at radius 1 is 1.46 bits per heavy atom. The van der Waals surface area contributed by atoms with Crippen molar-refractivity contribution >= 4 is 12.2 Å². The summed E-state index contributed by atoms with van der Waals surface area (Å²) in [6.45, 7) is 0.869. The van der Waals surface area contributed by atoms with E-state index in [9.17, 15) is 4.79 Å². The maximum Gasteiger partial charge on any atom is 0.328 e. The number of aliphatic carboxylic acids is 1. The molecule has 5 heteroatoms. The zero-order valence-electron chi connectivity index (χ0n) is 7.65. The molecule has 0 radical (unpaired) electrons. The van der Waals surface area contributed by atoms with Gasteiger partial charge in [0.15, 0.2) is 0 Å². The van der Waals surface area contributed by atoms with Gasteiger partial charge in [0.25, 0.3) is 0 Å². The van der Waals surface area contributed by atoms with E-state index in [1.54, 1.807) is 0 Å². The van der Waals surface area contributed by atoms with E-state index in [1.165, 1.54) is 6.21 Å². The smallest absolute Gasteiger partial charge is 0.328 e. The van der Waals surface area contributed by atoms with E-state index in [1.807, 2.05) is 0 Å². The second-order valence-electron chi connectivity index (χ2n) is 2.71. The molecule has 0 unspecified atom stereocenters. The van der Waals surface area contributed by atoms with Crippen molar-refractivity contribution in [2.75, 3.05) is 13.1 Å². The highest BCUT2D eigenvalue weighted by Crippen LogP contribution is 2.03. The summed E-state index contributed by atoms with van der Waals surface area (Å²) >= 11 is 0. The summed E-state index contributed by atoms with van der Waals surface area (Å²) in [6, 6.07) is -0.657. The normalized spacial score (nSPS) is 13.4. The van der Waals surface area contributed by atoms with Gasteiger partial charge in [-0.2, -0.15) is 0 Å². The summed E-state index contributed by atoms with van der Waals surface area (Å²) in [4.78, 5) is 14.4. The molecule has 0 heterocycles. The van der Waals surface area contributed by atoms with E-state index in [0.29, 0.717) is 13.0 Å². The lowest BCUT2D eigenvalue weighted by Gasteiger charge is -2.05. The quantitative estimate of drug-likeness (QED) is 0.372. The first-order valence-electron chi connectivity index (χ1n) is 4.37. The fourth-order valence-corrected chi connectivity index (χ4v) is 0.932. The van der Waals surface area contributed by atoms with Gasteiger partial charge in [-0.3, -0.25) is 4.99 Å². The highest BCUT2D eigenvalue weighted by atomic mass is 16.4. The van der Waals surface area contributed by atoms with Gasteiger partial charge in [0.2, 0.25) is 0 Å². The second kappa shape index (κ2) is 7.70. The Kier molecular flexibility index (Phi) is 7.14. The van der Waals surface area contributed by atoms with Crippen LogP contribution in [0.1, 0.15) is 19.3 Å². The molecule has 0 aliphatic rings. The molecule has 13 heavy (non-hydrogen) atoms. The van der Waals surface area contributed by atoms with Crippen LogP contribution in [0.3, 0.4) is 0 Å². The third kappa shape index (κ3) is 6.24. The zero-order valence-corrected chi connectivity index (χ0v) is 7.65. The number of carbonyl (C=O) groups is 1. The number of aliphatic imine (C=N–C) groups is 1. The Labute approximate surface area is 77.8 Å². The molecule has 0 amide bonds. The van der Waals surface area contributed by atoms with Crippen molar-refractivity contribution in [1.82, 2.24) is 0 Å². The van der Waals surface area contributed by atoms with Crippen LogP contribution in [0.2, 0.25) is 0 Å². The lowest BCUT2D eigenvalue weighted by molar-refractivity contribution is -0.138. The van der Waals surface area contributed by atoms with E-state index in [0.717, 1.165) is 12.8 Å². The molecule has 0 aliphatic heterocycles. The third-order valence-corrected chi connectivity index (χ3v) is 1.61. The summed E-state index contributed by atoms with van der Waals surface area (Å²) in [5, 5.41) is 8.71. The van der Waals surface area contributed by atoms with Crippen LogP contribution in [0.4, 0.5) is 0 Å². The Balaban J connectivity index is 3.81. The molecule has 0 aromatic rings. The number of nitrogens with zero attached hydrogens (tertiary/aromatic N) is 1. The van der Waals surface area contributed by atoms with Crippen molar-refractivity contribution in [1.29, 1.82) is 0 Å². The van der Waals surface area contributed by atoms with Gasteiger partial charge in [0, 0.05) is 12.8 Å². The molecule has 0 aromatic carbocycles. The van der Waals surface area contributed by atoms with Crippen LogP contribution in [0.25, 0.3) is 0 Å².